The van der Waals surface area contributed by atoms with Crippen LogP contribution in [0.2, 0.25) is 0 Å². The molecule has 0 aliphatic carbocycles. The number of nitrogens with zero attached hydrogens (tertiary/aromatic N) is 2. The maximum absolute atomic E-state index is 10.7. The van der Waals surface area contributed by atoms with Crippen LogP contribution in [0.25, 0.3) is 0 Å². The van der Waals surface area contributed by atoms with Gasteiger partial charge >= 0.3 is 0 Å². The molecule has 16 heavy (non-hydrogen) atoms. The Labute approximate surface area is 95.0 Å². The first kappa shape index (κ1) is 12.1. The molecule has 0 saturated carbocycles. The van der Waals surface area contributed by atoms with Gasteiger partial charge in [-0.2, -0.15) is 5.26 Å². The number of methoxy groups -OCH3 is 1. The van der Waals surface area contributed by atoms with Gasteiger partial charge in [-0.3, -0.25) is 4.79 Å². The summed E-state index contributed by atoms with van der Waals surface area (Å²) < 4.78 is 5.11. The third-order valence-electron chi connectivity index (χ3n) is 2.34. The summed E-state index contributed by atoms with van der Waals surface area (Å²) in [6.45, 7) is 0.653. The summed E-state index contributed by atoms with van der Waals surface area (Å²) in [5, 5.41) is 8.50. The normalized spacial score (nSPS) is 9.31. The van der Waals surface area contributed by atoms with E-state index in [0.29, 0.717) is 24.3 Å². The molecule has 84 valence electrons. The molecule has 4 heteroatoms. The predicted molar refractivity (Wildman–Crippen MR) is 61.9 cm³/mol. The summed E-state index contributed by atoms with van der Waals surface area (Å²) in [5.74, 6) is 0.552. The third kappa shape index (κ3) is 2.74. The maximum atomic E-state index is 10.7. The molecule has 4 nitrogen and oxygen atoms in total. The van der Waals surface area contributed by atoms with Gasteiger partial charge in [-0.25, -0.2) is 0 Å². The molecular weight excluding hydrogens is 204 g/mol. The van der Waals surface area contributed by atoms with Gasteiger partial charge in [0.2, 0.25) is 0 Å². The number of hydrogen-bond donors (Lipinski definition) is 0. The van der Waals surface area contributed by atoms with Crippen LogP contribution in [0.1, 0.15) is 16.8 Å². The summed E-state index contributed by atoms with van der Waals surface area (Å²) in [6, 6.07) is 7.43. The zero-order valence-electron chi connectivity index (χ0n) is 9.43. The predicted octanol–water partition coefficient (Wildman–Crippen LogP) is 1.86. The Balaban J connectivity index is 2.90. The fourth-order valence-electron chi connectivity index (χ4n) is 1.38. The minimum Gasteiger partial charge on any atom is -0.496 e. The van der Waals surface area contributed by atoms with Crippen LogP contribution >= 0.6 is 0 Å². The first-order valence-electron chi connectivity index (χ1n) is 4.94. The highest BCUT2D eigenvalue weighted by atomic mass is 16.5. The number of aldehydes is 1. The topological polar surface area (TPSA) is 53.3 Å². The van der Waals surface area contributed by atoms with Gasteiger partial charge in [-0.05, 0) is 12.1 Å². The van der Waals surface area contributed by atoms with Gasteiger partial charge < -0.3 is 9.64 Å². The average Bonchev–Trinajstić information content (AvgIpc) is 2.34. The zero-order chi connectivity index (χ0) is 12.0. The molecule has 0 N–H and O–H groups in total. The molecule has 0 aliphatic heterocycles. The van der Waals surface area contributed by atoms with Crippen LogP contribution in [0.15, 0.2) is 18.2 Å². The van der Waals surface area contributed by atoms with Gasteiger partial charge in [0.15, 0.2) is 6.29 Å². The van der Waals surface area contributed by atoms with Crippen LogP contribution < -0.4 is 9.64 Å². The number of carbonyl (C=O) groups is 1. The molecule has 1 aromatic carbocycles. The lowest BCUT2D eigenvalue weighted by molar-refractivity contribution is 0.112. The molecule has 1 rings (SSSR count). The van der Waals surface area contributed by atoms with E-state index in [4.69, 9.17) is 10.00 Å². The molecule has 0 unspecified atom stereocenters. The second kappa shape index (κ2) is 5.76. The Hall–Kier alpha value is -2.02. The van der Waals surface area contributed by atoms with E-state index in [1.165, 1.54) is 7.11 Å². The summed E-state index contributed by atoms with van der Waals surface area (Å²) in [4.78, 5) is 12.6. The minimum absolute atomic E-state index is 0.467. The first-order valence-corrected chi connectivity index (χ1v) is 4.94. The molecule has 0 saturated heterocycles. The molecule has 0 aliphatic rings. The fourth-order valence-corrected chi connectivity index (χ4v) is 1.38. The lowest BCUT2D eigenvalue weighted by Crippen LogP contribution is -2.18. The van der Waals surface area contributed by atoms with Crippen molar-refractivity contribution in [3.63, 3.8) is 0 Å². The van der Waals surface area contributed by atoms with Gasteiger partial charge in [-0.1, -0.05) is 0 Å². The molecule has 0 radical (unpaired) electrons. The largest absolute Gasteiger partial charge is 0.496 e. The number of nitriles is 1. The van der Waals surface area contributed by atoms with Crippen molar-refractivity contribution in [1.82, 2.24) is 0 Å². The van der Waals surface area contributed by atoms with Gasteiger partial charge in [-0.15, -0.1) is 0 Å². The fraction of sp³-hybridized carbons (Fsp3) is 0.333. The van der Waals surface area contributed by atoms with E-state index in [1.54, 1.807) is 12.1 Å². The number of hydrogen-bond acceptors (Lipinski definition) is 4. The standard InChI is InChI=1S/C12H14N2O2/c1-14(7-3-6-13)11-5-4-10(9-15)12(8-11)16-2/h4-5,8-9H,3,7H2,1-2H3. The SMILES string of the molecule is COc1cc(N(C)CCC#N)ccc1C=O. The van der Waals surface area contributed by atoms with Gasteiger partial charge in [0.1, 0.15) is 5.75 Å². The molecule has 0 bridgehead atoms. The van der Waals surface area contributed by atoms with Crippen LogP contribution in [-0.2, 0) is 0 Å². The highest BCUT2D eigenvalue weighted by molar-refractivity contribution is 5.80. The van der Waals surface area contributed by atoms with Crippen LogP contribution in [-0.4, -0.2) is 27.0 Å². The Morgan fingerprint density at radius 3 is 2.88 bits per heavy atom. The van der Waals surface area contributed by atoms with E-state index < -0.39 is 0 Å². The number of carbonyl (C=O) groups excluding carboxylic acids is 1. The van der Waals surface area contributed by atoms with E-state index in [-0.39, 0.29) is 0 Å². The average molecular weight is 218 g/mol. The van der Waals surface area contributed by atoms with E-state index in [1.807, 2.05) is 18.0 Å². The molecule has 0 heterocycles. The number of anilines is 1. The number of ether oxygens (including phenoxy) is 1. The van der Waals surface area contributed by atoms with Crippen molar-refractivity contribution in [1.29, 1.82) is 5.26 Å². The van der Waals surface area contributed by atoms with Crippen LogP contribution in [0.5, 0.6) is 5.75 Å². The maximum Gasteiger partial charge on any atom is 0.153 e. The quantitative estimate of drug-likeness (QED) is 0.708. The summed E-state index contributed by atoms with van der Waals surface area (Å²) >= 11 is 0. The third-order valence-corrected chi connectivity index (χ3v) is 2.34. The van der Waals surface area contributed by atoms with E-state index >= 15 is 0 Å². The Bertz CT molecular complexity index is 410. The second-order valence-electron chi connectivity index (χ2n) is 3.37. The lowest BCUT2D eigenvalue weighted by Gasteiger charge is -2.18. The second-order valence-corrected chi connectivity index (χ2v) is 3.37. The molecule has 0 amide bonds. The van der Waals surface area contributed by atoms with Gasteiger partial charge in [0.05, 0.1) is 25.2 Å². The highest BCUT2D eigenvalue weighted by Gasteiger charge is 2.06. The van der Waals surface area contributed by atoms with Gasteiger partial charge in [0, 0.05) is 25.3 Å². The lowest BCUT2D eigenvalue weighted by atomic mass is 10.2. The van der Waals surface area contributed by atoms with Crippen LogP contribution in [0.3, 0.4) is 0 Å². The monoisotopic (exact) mass is 218 g/mol. The van der Waals surface area contributed by atoms with Gasteiger partial charge in [0.25, 0.3) is 0 Å². The van der Waals surface area contributed by atoms with Crippen molar-refractivity contribution in [2.24, 2.45) is 0 Å². The van der Waals surface area contributed by atoms with Crippen LogP contribution in [0, 0.1) is 11.3 Å². The van der Waals surface area contributed by atoms with Crippen molar-refractivity contribution in [3.8, 4) is 11.8 Å². The highest BCUT2D eigenvalue weighted by Crippen LogP contribution is 2.23. The molecule has 0 spiro atoms. The smallest absolute Gasteiger partial charge is 0.153 e. The van der Waals surface area contributed by atoms with Crippen LogP contribution in [0.4, 0.5) is 5.69 Å². The first-order chi connectivity index (χ1) is 7.72. The van der Waals surface area contributed by atoms with E-state index in [9.17, 15) is 4.79 Å². The number of rotatable bonds is 5. The molecule has 1 aromatic rings. The molecular formula is C12H14N2O2. The summed E-state index contributed by atoms with van der Waals surface area (Å²) in [7, 11) is 3.42. The van der Waals surface area contributed by atoms with Crippen molar-refractivity contribution < 1.29 is 9.53 Å². The van der Waals surface area contributed by atoms with E-state index in [2.05, 4.69) is 6.07 Å². The Morgan fingerprint density at radius 2 is 2.31 bits per heavy atom. The van der Waals surface area contributed by atoms with Crippen molar-refractivity contribution in [2.75, 3.05) is 25.6 Å². The van der Waals surface area contributed by atoms with Crippen molar-refractivity contribution >= 4 is 12.0 Å². The molecule has 0 aromatic heterocycles. The molecule has 0 atom stereocenters. The van der Waals surface area contributed by atoms with Crippen molar-refractivity contribution in [2.45, 2.75) is 6.42 Å². The summed E-state index contributed by atoms with van der Waals surface area (Å²) in [6.07, 6.45) is 1.23. The van der Waals surface area contributed by atoms with Crippen molar-refractivity contribution in [3.05, 3.63) is 23.8 Å². The Morgan fingerprint density at radius 1 is 1.56 bits per heavy atom. The molecule has 0 fully saturated rings. The zero-order valence-corrected chi connectivity index (χ0v) is 9.43. The summed E-state index contributed by atoms with van der Waals surface area (Å²) in [5.41, 5.74) is 1.46. The number of benzene rings is 1. The minimum atomic E-state index is 0.467. The van der Waals surface area contributed by atoms with E-state index in [0.717, 1.165) is 12.0 Å². The Kier molecular flexibility index (Phi) is 4.34.